The highest BCUT2D eigenvalue weighted by atomic mass is 16.5. The molecule has 2 aromatic rings. The second-order valence-electron chi connectivity index (χ2n) is 6.72. The molecule has 2 atom stereocenters. The smallest absolute Gasteiger partial charge is 0.254 e. The summed E-state index contributed by atoms with van der Waals surface area (Å²) in [6.07, 6.45) is 3.48. The SMILES string of the molecule is CN1C[C@@H]2COC[C@H](C1)N(C(=O)c1ccccc1-c1ncc[nH]1)C2. The number of benzene rings is 1. The normalized spacial score (nSPS) is 24.6. The molecule has 126 valence electrons. The molecular weight excluding hydrogens is 304 g/mol. The number of amides is 1. The Morgan fingerprint density at radius 2 is 2.12 bits per heavy atom. The van der Waals surface area contributed by atoms with Crippen LogP contribution >= 0.6 is 0 Å². The second-order valence-corrected chi connectivity index (χ2v) is 6.72. The fourth-order valence-corrected chi connectivity index (χ4v) is 3.77. The number of ether oxygens (including phenoxy) is 1. The summed E-state index contributed by atoms with van der Waals surface area (Å²) in [4.78, 5) is 25.1. The van der Waals surface area contributed by atoms with Gasteiger partial charge in [0.25, 0.3) is 5.91 Å². The van der Waals surface area contributed by atoms with E-state index >= 15 is 0 Å². The van der Waals surface area contributed by atoms with Crippen molar-refractivity contribution in [3.05, 3.63) is 42.2 Å². The summed E-state index contributed by atoms with van der Waals surface area (Å²) in [5, 5.41) is 0. The monoisotopic (exact) mass is 326 g/mol. The number of rotatable bonds is 2. The maximum Gasteiger partial charge on any atom is 0.254 e. The van der Waals surface area contributed by atoms with E-state index in [1.165, 1.54) is 0 Å². The molecule has 2 bridgehead atoms. The number of carbonyl (C=O) groups is 1. The molecule has 0 radical (unpaired) electrons. The largest absolute Gasteiger partial charge is 0.379 e. The van der Waals surface area contributed by atoms with Gasteiger partial charge in [0.05, 0.1) is 24.8 Å². The molecule has 2 fully saturated rings. The van der Waals surface area contributed by atoms with Crippen molar-refractivity contribution in [2.24, 2.45) is 5.92 Å². The van der Waals surface area contributed by atoms with Crippen molar-refractivity contribution >= 4 is 5.91 Å². The lowest BCUT2D eigenvalue weighted by Crippen LogP contribution is -2.46. The molecule has 2 saturated heterocycles. The van der Waals surface area contributed by atoms with E-state index in [-0.39, 0.29) is 11.9 Å². The van der Waals surface area contributed by atoms with E-state index in [2.05, 4.69) is 21.9 Å². The van der Waals surface area contributed by atoms with E-state index in [0.29, 0.717) is 18.1 Å². The van der Waals surface area contributed by atoms with Gasteiger partial charge in [-0.2, -0.15) is 0 Å². The zero-order valence-electron chi connectivity index (χ0n) is 13.8. The van der Waals surface area contributed by atoms with Crippen LogP contribution in [0.4, 0.5) is 0 Å². The summed E-state index contributed by atoms with van der Waals surface area (Å²) in [5.41, 5.74) is 1.54. The van der Waals surface area contributed by atoms with Crippen molar-refractivity contribution in [2.75, 3.05) is 39.9 Å². The van der Waals surface area contributed by atoms with Crippen molar-refractivity contribution in [1.29, 1.82) is 0 Å². The number of carbonyl (C=O) groups excluding carboxylic acids is 1. The standard InChI is InChI=1S/C18H22N4O2/c1-21-8-13-9-22(14(10-21)12-24-11-13)18(23)16-5-3-2-4-15(16)17-19-6-7-20-17/h2-7,13-14H,8-12H2,1H3,(H,19,20)/t13-,14-/m0/s1. The number of hydrogen-bond acceptors (Lipinski definition) is 4. The molecule has 6 nitrogen and oxygen atoms in total. The average Bonchev–Trinajstić information content (AvgIpc) is 2.98. The lowest BCUT2D eigenvalue weighted by molar-refractivity contribution is 0.0484. The van der Waals surface area contributed by atoms with Gasteiger partial charge >= 0.3 is 0 Å². The number of nitrogens with zero attached hydrogens (tertiary/aromatic N) is 3. The van der Waals surface area contributed by atoms with E-state index in [4.69, 9.17) is 4.74 Å². The van der Waals surface area contributed by atoms with E-state index in [0.717, 1.165) is 37.6 Å². The molecule has 1 amide bonds. The van der Waals surface area contributed by atoms with Crippen molar-refractivity contribution in [2.45, 2.75) is 6.04 Å². The third kappa shape index (κ3) is 2.83. The minimum Gasteiger partial charge on any atom is -0.379 e. The van der Waals surface area contributed by atoms with Gasteiger partial charge in [-0.25, -0.2) is 4.98 Å². The molecule has 24 heavy (non-hydrogen) atoms. The topological polar surface area (TPSA) is 61.5 Å². The van der Waals surface area contributed by atoms with Crippen LogP contribution in [0.15, 0.2) is 36.7 Å². The van der Waals surface area contributed by atoms with Gasteiger partial charge in [-0.3, -0.25) is 4.79 Å². The zero-order valence-corrected chi connectivity index (χ0v) is 13.8. The number of fused-ring (bicyclic) bond motifs is 3. The Kier molecular flexibility index (Phi) is 4.08. The number of imidazole rings is 1. The predicted molar refractivity (Wildman–Crippen MR) is 90.7 cm³/mol. The van der Waals surface area contributed by atoms with Crippen molar-refractivity contribution in [3.63, 3.8) is 0 Å². The van der Waals surface area contributed by atoms with Crippen LogP contribution in [0.25, 0.3) is 11.4 Å². The maximum absolute atomic E-state index is 13.3. The Hall–Kier alpha value is -2.18. The highest BCUT2D eigenvalue weighted by molar-refractivity contribution is 6.00. The number of nitrogens with one attached hydrogen (secondary N) is 1. The zero-order chi connectivity index (χ0) is 16.5. The third-order valence-corrected chi connectivity index (χ3v) is 4.82. The summed E-state index contributed by atoms with van der Waals surface area (Å²) in [6, 6.07) is 7.77. The first kappa shape index (κ1) is 15.4. The lowest BCUT2D eigenvalue weighted by Gasteiger charge is -2.30. The lowest BCUT2D eigenvalue weighted by atomic mass is 10.0. The molecule has 0 spiro atoms. The average molecular weight is 326 g/mol. The first-order valence-corrected chi connectivity index (χ1v) is 8.38. The van der Waals surface area contributed by atoms with Gasteiger partial charge in [-0.15, -0.1) is 0 Å². The summed E-state index contributed by atoms with van der Waals surface area (Å²) in [5.74, 6) is 1.16. The van der Waals surface area contributed by atoms with Crippen molar-refractivity contribution in [1.82, 2.24) is 19.8 Å². The van der Waals surface area contributed by atoms with Gasteiger partial charge in [0, 0.05) is 43.5 Å². The van der Waals surface area contributed by atoms with Crippen LogP contribution in [0.3, 0.4) is 0 Å². The van der Waals surface area contributed by atoms with E-state index in [1.54, 1.807) is 12.4 Å². The highest BCUT2D eigenvalue weighted by Gasteiger charge is 2.35. The van der Waals surface area contributed by atoms with Gasteiger partial charge in [0.15, 0.2) is 0 Å². The Morgan fingerprint density at radius 3 is 2.96 bits per heavy atom. The fraction of sp³-hybridized carbons (Fsp3) is 0.444. The van der Waals surface area contributed by atoms with Gasteiger partial charge in [-0.05, 0) is 13.1 Å². The first-order chi connectivity index (χ1) is 11.7. The molecule has 1 aromatic carbocycles. The molecule has 4 rings (SSSR count). The van der Waals surface area contributed by atoms with Gasteiger partial charge < -0.3 is 19.5 Å². The Balaban J connectivity index is 1.69. The summed E-state index contributed by atoms with van der Waals surface area (Å²) in [7, 11) is 2.12. The maximum atomic E-state index is 13.3. The van der Waals surface area contributed by atoms with Crippen LogP contribution < -0.4 is 0 Å². The molecule has 1 aromatic heterocycles. The molecule has 6 heteroatoms. The van der Waals surface area contributed by atoms with Gasteiger partial charge in [0.2, 0.25) is 0 Å². The Labute approximate surface area is 141 Å². The van der Waals surface area contributed by atoms with Gasteiger partial charge in [0.1, 0.15) is 5.82 Å². The molecule has 1 N–H and O–H groups in total. The Bertz CT molecular complexity index is 716. The number of aromatic amines is 1. The number of aromatic nitrogens is 2. The number of H-pyrrole nitrogens is 1. The van der Waals surface area contributed by atoms with Crippen LogP contribution in [0.5, 0.6) is 0 Å². The molecule has 2 aliphatic rings. The molecule has 2 aliphatic heterocycles. The van der Waals surface area contributed by atoms with Crippen LogP contribution in [0.1, 0.15) is 10.4 Å². The number of hydrogen-bond donors (Lipinski definition) is 1. The number of likely N-dealkylation sites (N-methyl/N-ethyl adjacent to an activating group) is 1. The highest BCUT2D eigenvalue weighted by Crippen LogP contribution is 2.25. The van der Waals surface area contributed by atoms with Crippen molar-refractivity contribution in [3.8, 4) is 11.4 Å². The predicted octanol–water partition coefficient (Wildman–Crippen LogP) is 1.48. The summed E-state index contributed by atoms with van der Waals surface area (Å²) >= 11 is 0. The minimum atomic E-state index is 0.0674. The van der Waals surface area contributed by atoms with E-state index in [1.807, 2.05) is 29.2 Å². The quantitative estimate of drug-likeness (QED) is 0.908. The van der Waals surface area contributed by atoms with Crippen LogP contribution in [-0.2, 0) is 4.74 Å². The van der Waals surface area contributed by atoms with Crippen LogP contribution in [0, 0.1) is 5.92 Å². The minimum absolute atomic E-state index is 0.0674. The first-order valence-electron chi connectivity index (χ1n) is 8.38. The third-order valence-electron chi connectivity index (χ3n) is 4.82. The molecular formula is C18H22N4O2. The molecule has 0 aliphatic carbocycles. The summed E-state index contributed by atoms with van der Waals surface area (Å²) < 4.78 is 5.79. The van der Waals surface area contributed by atoms with Crippen LogP contribution in [-0.4, -0.2) is 71.6 Å². The van der Waals surface area contributed by atoms with Gasteiger partial charge in [-0.1, -0.05) is 18.2 Å². The van der Waals surface area contributed by atoms with E-state index in [9.17, 15) is 4.79 Å². The van der Waals surface area contributed by atoms with E-state index < -0.39 is 0 Å². The van der Waals surface area contributed by atoms with Crippen molar-refractivity contribution < 1.29 is 9.53 Å². The second kappa shape index (κ2) is 6.37. The molecule has 3 heterocycles. The van der Waals surface area contributed by atoms with Crippen LogP contribution in [0.2, 0.25) is 0 Å². The fourth-order valence-electron chi connectivity index (χ4n) is 3.77. The Morgan fingerprint density at radius 1 is 1.25 bits per heavy atom. The molecule has 0 unspecified atom stereocenters. The summed E-state index contributed by atoms with van der Waals surface area (Å²) in [6.45, 7) is 3.91. The molecule has 0 saturated carbocycles.